The molecule has 0 aliphatic rings. The molecule has 1 amide bonds. The summed E-state index contributed by atoms with van der Waals surface area (Å²) in [5.41, 5.74) is 1.12. The minimum absolute atomic E-state index is 0.0338. The lowest BCUT2D eigenvalue weighted by Gasteiger charge is -2.16. The third kappa shape index (κ3) is 4.19. The van der Waals surface area contributed by atoms with Crippen molar-refractivity contribution in [3.8, 4) is 11.6 Å². The van der Waals surface area contributed by atoms with Crippen LogP contribution in [0.5, 0.6) is 0 Å². The molecule has 0 bridgehead atoms. The number of benzene rings is 1. The highest BCUT2D eigenvalue weighted by Crippen LogP contribution is 2.30. The van der Waals surface area contributed by atoms with Gasteiger partial charge in [0, 0.05) is 14.1 Å². The monoisotopic (exact) mass is 434 g/mol. The molecule has 0 aliphatic carbocycles. The van der Waals surface area contributed by atoms with E-state index in [4.69, 9.17) is 4.42 Å². The van der Waals surface area contributed by atoms with Crippen LogP contribution in [0.4, 0.5) is 0 Å². The average Bonchev–Trinajstić information content (AvgIpc) is 3.21. The highest BCUT2D eigenvalue weighted by Gasteiger charge is 2.23. The lowest BCUT2D eigenvalue weighted by atomic mass is 10.2. The fraction of sp³-hybridized carbons (Fsp3) is 0.278. The Labute approximate surface area is 164 Å². The van der Waals surface area contributed by atoms with Gasteiger partial charge < -0.3 is 9.32 Å². The second kappa shape index (κ2) is 8.09. The van der Waals surface area contributed by atoms with Gasteiger partial charge in [-0.25, -0.2) is 0 Å². The number of rotatable bonds is 6. The predicted octanol–water partition coefficient (Wildman–Crippen LogP) is 3.92. The Balaban J connectivity index is 1.96. The number of carbonyl (C=O) groups is 1. The molecule has 0 aliphatic heterocycles. The maximum absolute atomic E-state index is 12.2. The molecule has 136 valence electrons. The van der Waals surface area contributed by atoms with Gasteiger partial charge in [0.25, 0.3) is 0 Å². The van der Waals surface area contributed by atoms with E-state index in [2.05, 4.69) is 26.1 Å². The molecular weight excluding hydrogens is 416 g/mol. The molecule has 0 saturated heterocycles. The maximum atomic E-state index is 12.2. The molecule has 3 aromatic rings. The Morgan fingerprint density at radius 2 is 1.96 bits per heavy atom. The van der Waals surface area contributed by atoms with Gasteiger partial charge in [0.15, 0.2) is 15.6 Å². The van der Waals surface area contributed by atoms with Gasteiger partial charge in [-0.1, -0.05) is 42.1 Å². The SMILES string of the molecule is CC(Sc1nnc(-c2ccc(Br)o2)n1Cc1ccccc1)C(=O)N(C)C. The number of amides is 1. The topological polar surface area (TPSA) is 64.2 Å². The second-order valence-corrected chi connectivity index (χ2v) is 8.06. The van der Waals surface area contributed by atoms with Crippen molar-refractivity contribution in [2.45, 2.75) is 23.9 Å². The van der Waals surface area contributed by atoms with Crippen molar-refractivity contribution in [2.75, 3.05) is 14.1 Å². The van der Waals surface area contributed by atoms with E-state index in [9.17, 15) is 4.79 Å². The van der Waals surface area contributed by atoms with Gasteiger partial charge in [-0.05, 0) is 40.5 Å². The summed E-state index contributed by atoms with van der Waals surface area (Å²) in [4.78, 5) is 13.8. The summed E-state index contributed by atoms with van der Waals surface area (Å²) in [5, 5.41) is 9.03. The fourth-order valence-corrected chi connectivity index (χ4v) is 3.77. The highest BCUT2D eigenvalue weighted by molar-refractivity contribution is 9.10. The van der Waals surface area contributed by atoms with E-state index in [1.54, 1.807) is 19.0 Å². The van der Waals surface area contributed by atoms with Crippen LogP contribution in [-0.4, -0.2) is 44.9 Å². The molecule has 1 atom stereocenters. The molecule has 0 saturated carbocycles. The highest BCUT2D eigenvalue weighted by atomic mass is 79.9. The van der Waals surface area contributed by atoms with Gasteiger partial charge in [0.1, 0.15) is 0 Å². The molecule has 2 heterocycles. The average molecular weight is 435 g/mol. The number of carbonyl (C=O) groups excluding carboxylic acids is 1. The first kappa shape index (κ1) is 18.7. The van der Waals surface area contributed by atoms with Crippen molar-refractivity contribution in [1.29, 1.82) is 0 Å². The lowest BCUT2D eigenvalue weighted by molar-refractivity contribution is -0.127. The molecular formula is C18H19BrN4O2S. The fourth-order valence-electron chi connectivity index (χ4n) is 2.47. The summed E-state index contributed by atoms with van der Waals surface area (Å²) in [6.07, 6.45) is 0. The molecule has 8 heteroatoms. The van der Waals surface area contributed by atoms with Crippen LogP contribution in [0.15, 0.2) is 56.7 Å². The van der Waals surface area contributed by atoms with Crippen LogP contribution in [-0.2, 0) is 11.3 Å². The smallest absolute Gasteiger partial charge is 0.235 e. The zero-order valence-electron chi connectivity index (χ0n) is 14.7. The molecule has 1 aromatic carbocycles. The Kier molecular flexibility index (Phi) is 5.83. The van der Waals surface area contributed by atoms with Crippen LogP contribution >= 0.6 is 27.7 Å². The van der Waals surface area contributed by atoms with E-state index < -0.39 is 0 Å². The normalized spacial score (nSPS) is 12.2. The zero-order valence-corrected chi connectivity index (χ0v) is 17.1. The molecule has 0 spiro atoms. The summed E-state index contributed by atoms with van der Waals surface area (Å²) >= 11 is 4.72. The summed E-state index contributed by atoms with van der Waals surface area (Å²) in [5.74, 6) is 1.29. The van der Waals surface area contributed by atoms with Gasteiger partial charge in [-0.3, -0.25) is 9.36 Å². The Bertz CT molecular complexity index is 892. The van der Waals surface area contributed by atoms with Crippen molar-refractivity contribution in [3.05, 3.63) is 52.7 Å². The van der Waals surface area contributed by atoms with Gasteiger partial charge in [0.05, 0.1) is 11.8 Å². The lowest BCUT2D eigenvalue weighted by Crippen LogP contribution is -2.29. The third-order valence-electron chi connectivity index (χ3n) is 3.76. The summed E-state index contributed by atoms with van der Waals surface area (Å²) in [6.45, 7) is 2.46. The van der Waals surface area contributed by atoms with Crippen LogP contribution in [0, 0.1) is 0 Å². The van der Waals surface area contributed by atoms with Gasteiger partial charge in [0.2, 0.25) is 11.7 Å². The number of thioether (sulfide) groups is 1. The van der Waals surface area contributed by atoms with E-state index in [0.717, 1.165) is 5.56 Å². The van der Waals surface area contributed by atoms with Gasteiger partial charge >= 0.3 is 0 Å². The van der Waals surface area contributed by atoms with Crippen molar-refractivity contribution in [2.24, 2.45) is 0 Å². The molecule has 3 rings (SSSR count). The first-order valence-corrected chi connectivity index (χ1v) is 9.73. The Morgan fingerprint density at radius 1 is 1.23 bits per heavy atom. The number of furan rings is 1. The minimum Gasteiger partial charge on any atom is -0.446 e. The summed E-state index contributed by atoms with van der Waals surface area (Å²) in [6, 6.07) is 13.7. The maximum Gasteiger partial charge on any atom is 0.235 e. The number of nitrogens with zero attached hydrogens (tertiary/aromatic N) is 4. The van der Waals surface area contributed by atoms with Gasteiger partial charge in [-0.15, -0.1) is 10.2 Å². The van der Waals surface area contributed by atoms with Crippen LogP contribution in [0.2, 0.25) is 0 Å². The number of hydrogen-bond acceptors (Lipinski definition) is 5. The van der Waals surface area contributed by atoms with E-state index in [-0.39, 0.29) is 11.2 Å². The predicted molar refractivity (Wildman–Crippen MR) is 105 cm³/mol. The van der Waals surface area contributed by atoms with Crippen molar-refractivity contribution < 1.29 is 9.21 Å². The van der Waals surface area contributed by atoms with Gasteiger partial charge in [-0.2, -0.15) is 0 Å². The minimum atomic E-state index is -0.264. The molecule has 1 unspecified atom stereocenters. The number of aromatic nitrogens is 3. The van der Waals surface area contributed by atoms with E-state index in [1.807, 2.05) is 54.0 Å². The third-order valence-corrected chi connectivity index (χ3v) is 5.26. The second-order valence-electron chi connectivity index (χ2n) is 5.97. The molecule has 26 heavy (non-hydrogen) atoms. The molecule has 0 radical (unpaired) electrons. The van der Waals surface area contributed by atoms with Crippen molar-refractivity contribution >= 4 is 33.6 Å². The van der Waals surface area contributed by atoms with Crippen molar-refractivity contribution in [1.82, 2.24) is 19.7 Å². The molecule has 6 nitrogen and oxygen atoms in total. The quantitative estimate of drug-likeness (QED) is 0.550. The van der Waals surface area contributed by atoms with Crippen molar-refractivity contribution in [3.63, 3.8) is 0 Å². The largest absolute Gasteiger partial charge is 0.446 e. The van der Waals surface area contributed by atoms with E-state index in [0.29, 0.717) is 28.0 Å². The molecule has 0 fully saturated rings. The van der Waals surface area contributed by atoms with E-state index >= 15 is 0 Å². The molecule has 2 aromatic heterocycles. The first-order valence-electron chi connectivity index (χ1n) is 8.06. The standard InChI is InChI=1S/C18H19BrN4O2S/c1-12(17(24)22(2)3)26-18-21-20-16(14-9-10-15(19)25-14)23(18)11-13-7-5-4-6-8-13/h4-10,12H,11H2,1-3H3. The summed E-state index contributed by atoms with van der Waals surface area (Å²) < 4.78 is 8.27. The number of halogens is 1. The van der Waals surface area contributed by atoms with Crippen LogP contribution < -0.4 is 0 Å². The van der Waals surface area contributed by atoms with Crippen LogP contribution in [0.1, 0.15) is 12.5 Å². The Morgan fingerprint density at radius 3 is 2.58 bits per heavy atom. The first-order chi connectivity index (χ1) is 12.5. The van der Waals surface area contributed by atoms with Crippen LogP contribution in [0.3, 0.4) is 0 Å². The Hall–Kier alpha value is -2.06. The zero-order chi connectivity index (χ0) is 18.7. The molecule has 0 N–H and O–H groups in total. The van der Waals surface area contributed by atoms with Crippen LogP contribution in [0.25, 0.3) is 11.6 Å². The summed E-state index contributed by atoms with van der Waals surface area (Å²) in [7, 11) is 3.50. The number of hydrogen-bond donors (Lipinski definition) is 0. The van der Waals surface area contributed by atoms with E-state index in [1.165, 1.54) is 11.8 Å².